The third kappa shape index (κ3) is 4.91. The molecule has 0 aromatic heterocycles. The van der Waals surface area contributed by atoms with Crippen molar-refractivity contribution in [3.63, 3.8) is 0 Å². The molecule has 0 radical (unpaired) electrons. The van der Waals surface area contributed by atoms with Crippen molar-refractivity contribution in [3.8, 4) is 0 Å². The summed E-state index contributed by atoms with van der Waals surface area (Å²) in [6.07, 6.45) is 0.139. The quantitative estimate of drug-likeness (QED) is 0.769. The molecule has 0 aliphatic carbocycles. The van der Waals surface area contributed by atoms with Crippen LogP contribution in [0.1, 0.15) is 18.9 Å². The molecule has 0 saturated carbocycles. The fourth-order valence-corrected chi connectivity index (χ4v) is 1.50. The molecule has 1 aromatic carbocycles. The van der Waals surface area contributed by atoms with Crippen molar-refractivity contribution in [1.82, 2.24) is 10.2 Å². The summed E-state index contributed by atoms with van der Waals surface area (Å²) in [6, 6.07) is 9.54. The number of rotatable bonds is 6. The highest BCUT2D eigenvalue weighted by Crippen LogP contribution is 2.02. The average molecular weight is 262 g/mol. The summed E-state index contributed by atoms with van der Waals surface area (Å²) in [4.78, 5) is 35.5. The first-order valence-electron chi connectivity index (χ1n) is 6.13. The molecule has 5 nitrogen and oxygen atoms in total. The highest BCUT2D eigenvalue weighted by Gasteiger charge is 2.14. The fourth-order valence-electron chi connectivity index (χ4n) is 1.50. The Balaban J connectivity index is 2.41. The number of carbonyl (C=O) groups excluding carboxylic acids is 3. The highest BCUT2D eigenvalue weighted by atomic mass is 16.2. The number of hydrogen-bond acceptors (Lipinski definition) is 3. The molecule has 102 valence electrons. The Labute approximate surface area is 112 Å². The van der Waals surface area contributed by atoms with Gasteiger partial charge < -0.3 is 10.2 Å². The van der Waals surface area contributed by atoms with Crippen LogP contribution in [0.2, 0.25) is 0 Å². The Morgan fingerprint density at radius 1 is 1.16 bits per heavy atom. The van der Waals surface area contributed by atoms with Crippen LogP contribution in [0.3, 0.4) is 0 Å². The number of likely N-dealkylation sites (N-methyl/N-ethyl adjacent to an activating group) is 1. The molecule has 5 heteroatoms. The maximum Gasteiger partial charge on any atom is 0.287 e. The van der Waals surface area contributed by atoms with E-state index in [1.54, 1.807) is 14.0 Å². The lowest BCUT2D eigenvalue weighted by molar-refractivity contribution is -0.139. The molecular formula is C14H18N2O3. The van der Waals surface area contributed by atoms with E-state index in [-0.39, 0.29) is 18.9 Å². The normalized spacial score (nSPS) is 9.79. The van der Waals surface area contributed by atoms with Crippen molar-refractivity contribution in [2.75, 3.05) is 13.6 Å². The monoisotopic (exact) mass is 262 g/mol. The zero-order valence-electron chi connectivity index (χ0n) is 11.2. The molecule has 0 aliphatic rings. The molecule has 0 aliphatic heterocycles. The van der Waals surface area contributed by atoms with Crippen LogP contribution < -0.4 is 5.32 Å². The molecule has 1 N–H and O–H groups in total. The van der Waals surface area contributed by atoms with Gasteiger partial charge in [-0.2, -0.15) is 0 Å². The molecule has 0 fully saturated rings. The summed E-state index contributed by atoms with van der Waals surface area (Å²) in [6.45, 7) is 1.91. The lowest BCUT2D eigenvalue weighted by atomic mass is 10.2. The molecule has 0 atom stereocenters. The lowest BCUT2D eigenvalue weighted by Gasteiger charge is -2.17. The van der Waals surface area contributed by atoms with Gasteiger partial charge in [-0.05, 0) is 5.56 Å². The molecule has 1 aromatic rings. The van der Waals surface area contributed by atoms with E-state index >= 15 is 0 Å². The predicted octanol–water partition coefficient (Wildman–Crippen LogP) is 0.740. The Morgan fingerprint density at radius 2 is 1.79 bits per heavy atom. The van der Waals surface area contributed by atoms with E-state index in [0.717, 1.165) is 5.56 Å². The first-order chi connectivity index (χ1) is 9.04. The molecule has 0 unspecified atom stereocenters. The zero-order valence-corrected chi connectivity index (χ0v) is 11.2. The summed E-state index contributed by atoms with van der Waals surface area (Å²) in [7, 11) is 1.66. The first kappa shape index (κ1) is 14.9. The second kappa shape index (κ2) is 7.31. The molecule has 1 rings (SSSR count). The number of hydrogen-bond donors (Lipinski definition) is 1. The Morgan fingerprint density at radius 3 is 2.37 bits per heavy atom. The van der Waals surface area contributed by atoms with Gasteiger partial charge in [0.2, 0.25) is 11.7 Å². The van der Waals surface area contributed by atoms with E-state index in [1.807, 2.05) is 30.3 Å². The number of nitrogens with zero attached hydrogens (tertiary/aromatic N) is 1. The van der Waals surface area contributed by atoms with Crippen LogP contribution in [0.5, 0.6) is 0 Å². The molecule has 0 saturated heterocycles. The number of ketones is 1. The molecular weight excluding hydrogens is 244 g/mol. The van der Waals surface area contributed by atoms with Crippen molar-refractivity contribution >= 4 is 17.6 Å². The summed E-state index contributed by atoms with van der Waals surface area (Å²) in [5, 5.41) is 2.32. The van der Waals surface area contributed by atoms with E-state index < -0.39 is 11.7 Å². The van der Waals surface area contributed by atoms with Gasteiger partial charge in [0.15, 0.2) is 0 Å². The van der Waals surface area contributed by atoms with Crippen LogP contribution in [-0.4, -0.2) is 36.1 Å². The van der Waals surface area contributed by atoms with E-state index in [1.165, 1.54) is 4.90 Å². The van der Waals surface area contributed by atoms with Crippen molar-refractivity contribution in [2.45, 2.75) is 19.9 Å². The Bertz CT molecular complexity index is 457. The lowest BCUT2D eigenvalue weighted by Crippen LogP contribution is -2.40. The van der Waals surface area contributed by atoms with Gasteiger partial charge in [0, 0.05) is 20.0 Å². The van der Waals surface area contributed by atoms with Gasteiger partial charge in [-0.15, -0.1) is 0 Å². The number of amides is 2. The molecule has 0 bridgehead atoms. The topological polar surface area (TPSA) is 66.5 Å². The van der Waals surface area contributed by atoms with Crippen molar-refractivity contribution in [1.29, 1.82) is 0 Å². The third-order valence-corrected chi connectivity index (χ3v) is 2.66. The minimum absolute atomic E-state index is 0.139. The largest absolute Gasteiger partial charge is 0.340 e. The number of carbonyl (C=O) groups is 3. The van der Waals surface area contributed by atoms with Gasteiger partial charge >= 0.3 is 0 Å². The summed E-state index contributed by atoms with van der Waals surface area (Å²) >= 11 is 0. The summed E-state index contributed by atoms with van der Waals surface area (Å²) in [5.74, 6) is -1.46. The molecule has 19 heavy (non-hydrogen) atoms. The van der Waals surface area contributed by atoms with Gasteiger partial charge in [0.05, 0.1) is 6.54 Å². The van der Waals surface area contributed by atoms with Crippen LogP contribution in [0, 0.1) is 0 Å². The Hall–Kier alpha value is -2.17. The summed E-state index contributed by atoms with van der Waals surface area (Å²) in [5.41, 5.74) is 1.01. The van der Waals surface area contributed by atoms with Crippen molar-refractivity contribution in [2.24, 2.45) is 0 Å². The standard InChI is InChI=1S/C14H18N2O3/c1-3-12(17)14(19)15-9-13(18)16(2)10-11-7-5-4-6-8-11/h4-8H,3,9-10H2,1-2H3,(H,15,19). The SMILES string of the molecule is CCC(=O)C(=O)NCC(=O)N(C)Cc1ccccc1. The Kier molecular flexibility index (Phi) is 5.73. The average Bonchev–Trinajstić information content (AvgIpc) is 2.44. The second-order valence-electron chi connectivity index (χ2n) is 4.19. The van der Waals surface area contributed by atoms with Crippen LogP contribution >= 0.6 is 0 Å². The van der Waals surface area contributed by atoms with Gasteiger partial charge in [0.1, 0.15) is 0 Å². The van der Waals surface area contributed by atoms with Crippen LogP contribution in [0.4, 0.5) is 0 Å². The van der Waals surface area contributed by atoms with E-state index in [4.69, 9.17) is 0 Å². The first-order valence-corrected chi connectivity index (χ1v) is 6.13. The molecule has 0 spiro atoms. The second-order valence-corrected chi connectivity index (χ2v) is 4.19. The fraction of sp³-hybridized carbons (Fsp3) is 0.357. The van der Waals surface area contributed by atoms with Crippen LogP contribution in [0.15, 0.2) is 30.3 Å². The van der Waals surface area contributed by atoms with Gasteiger partial charge in [-0.3, -0.25) is 14.4 Å². The maximum absolute atomic E-state index is 11.8. The van der Waals surface area contributed by atoms with E-state index in [0.29, 0.717) is 6.54 Å². The molecule has 0 heterocycles. The number of Topliss-reactive ketones (excluding diaryl/α,β-unsaturated/α-hetero) is 1. The van der Waals surface area contributed by atoms with Gasteiger partial charge in [-0.25, -0.2) is 0 Å². The van der Waals surface area contributed by atoms with E-state index in [2.05, 4.69) is 5.32 Å². The third-order valence-electron chi connectivity index (χ3n) is 2.66. The van der Waals surface area contributed by atoms with Gasteiger partial charge in [0.25, 0.3) is 5.91 Å². The maximum atomic E-state index is 11.8. The highest BCUT2D eigenvalue weighted by molar-refractivity contribution is 6.36. The molecule has 2 amide bonds. The number of benzene rings is 1. The van der Waals surface area contributed by atoms with Crippen LogP contribution in [0.25, 0.3) is 0 Å². The van der Waals surface area contributed by atoms with Crippen molar-refractivity contribution < 1.29 is 14.4 Å². The zero-order chi connectivity index (χ0) is 14.3. The van der Waals surface area contributed by atoms with Gasteiger partial charge in [-0.1, -0.05) is 37.3 Å². The van der Waals surface area contributed by atoms with Crippen molar-refractivity contribution in [3.05, 3.63) is 35.9 Å². The smallest absolute Gasteiger partial charge is 0.287 e. The minimum atomic E-state index is -0.705. The van der Waals surface area contributed by atoms with E-state index in [9.17, 15) is 14.4 Å². The predicted molar refractivity (Wildman–Crippen MR) is 71.2 cm³/mol. The summed E-state index contributed by atoms with van der Waals surface area (Å²) < 4.78 is 0. The minimum Gasteiger partial charge on any atom is -0.340 e. The number of nitrogens with one attached hydrogen (secondary N) is 1. The van der Waals surface area contributed by atoms with Crippen LogP contribution in [-0.2, 0) is 20.9 Å².